The van der Waals surface area contributed by atoms with Crippen molar-refractivity contribution in [3.63, 3.8) is 0 Å². The number of aromatic nitrogens is 4. The lowest BCUT2D eigenvalue weighted by Crippen LogP contribution is -2.23. The van der Waals surface area contributed by atoms with Gasteiger partial charge in [0.1, 0.15) is 7.05 Å². The van der Waals surface area contributed by atoms with Crippen molar-refractivity contribution < 1.29 is 9.72 Å². The number of rotatable bonds is 4. The maximum absolute atomic E-state index is 11.8. The van der Waals surface area contributed by atoms with E-state index in [2.05, 4.69) is 15.5 Å². The lowest BCUT2D eigenvalue weighted by molar-refractivity contribution is -0.392. The van der Waals surface area contributed by atoms with Gasteiger partial charge in [0, 0.05) is 25.4 Å². The van der Waals surface area contributed by atoms with Crippen LogP contribution in [0.4, 0.5) is 5.82 Å². The van der Waals surface area contributed by atoms with Crippen LogP contribution in [0.2, 0.25) is 0 Å². The van der Waals surface area contributed by atoms with E-state index in [1.165, 1.54) is 7.05 Å². The normalized spacial score (nSPS) is 10.4. The molecule has 0 spiro atoms. The van der Waals surface area contributed by atoms with Gasteiger partial charge in [-0.3, -0.25) is 9.48 Å². The Morgan fingerprint density at radius 2 is 2.26 bits per heavy atom. The van der Waals surface area contributed by atoms with Crippen LogP contribution in [0.15, 0.2) is 18.5 Å². The Balaban J connectivity index is 2.04. The maximum Gasteiger partial charge on any atom is 0.345 e. The number of nitro groups is 1. The van der Waals surface area contributed by atoms with Crippen LogP contribution in [0.3, 0.4) is 0 Å². The highest BCUT2D eigenvalue weighted by atomic mass is 16.6. The van der Waals surface area contributed by atoms with Gasteiger partial charge in [0.05, 0.1) is 12.3 Å². The number of nitrogens with one attached hydrogen (secondary N) is 1. The van der Waals surface area contributed by atoms with E-state index in [4.69, 9.17) is 0 Å². The van der Waals surface area contributed by atoms with Crippen LogP contribution in [-0.4, -0.2) is 30.4 Å². The molecule has 19 heavy (non-hydrogen) atoms. The van der Waals surface area contributed by atoms with Crippen molar-refractivity contribution in [3.05, 3.63) is 39.8 Å². The van der Waals surface area contributed by atoms with Crippen LogP contribution in [0.1, 0.15) is 16.1 Å². The summed E-state index contributed by atoms with van der Waals surface area (Å²) in [5.41, 5.74) is 0.847. The summed E-state index contributed by atoms with van der Waals surface area (Å²) in [6.07, 6.45) is 3.39. The van der Waals surface area contributed by atoms with Gasteiger partial charge in [-0.2, -0.15) is 5.10 Å². The third-order valence-electron chi connectivity index (χ3n) is 2.49. The zero-order chi connectivity index (χ0) is 14.0. The second-order valence-electron chi connectivity index (χ2n) is 3.97. The fourth-order valence-electron chi connectivity index (χ4n) is 1.58. The number of amides is 1. The molecule has 9 nitrogen and oxygen atoms in total. The average molecular weight is 264 g/mol. The highest BCUT2D eigenvalue weighted by molar-refractivity contribution is 5.92. The second kappa shape index (κ2) is 4.88. The predicted octanol–water partition coefficient (Wildman–Crippen LogP) is -0.00820. The minimum Gasteiger partial charge on any atom is -0.358 e. The molecule has 0 saturated heterocycles. The predicted molar refractivity (Wildman–Crippen MR) is 64.2 cm³/mol. The topological polar surface area (TPSA) is 108 Å². The fraction of sp³-hybridized carbons (Fsp3) is 0.300. The van der Waals surface area contributed by atoms with Gasteiger partial charge >= 0.3 is 5.82 Å². The molecule has 0 aliphatic heterocycles. The molecule has 9 heteroatoms. The van der Waals surface area contributed by atoms with Crippen LogP contribution in [0.25, 0.3) is 0 Å². The molecule has 0 saturated carbocycles. The van der Waals surface area contributed by atoms with Crippen LogP contribution in [0.5, 0.6) is 0 Å². The molecule has 0 bridgehead atoms. The number of carbonyl (C=O) groups is 1. The molecule has 2 aromatic heterocycles. The van der Waals surface area contributed by atoms with Gasteiger partial charge in [0.15, 0.2) is 5.69 Å². The van der Waals surface area contributed by atoms with Gasteiger partial charge in [-0.15, -0.1) is 4.68 Å². The molecular weight excluding hydrogens is 252 g/mol. The first kappa shape index (κ1) is 12.7. The summed E-state index contributed by atoms with van der Waals surface area (Å²) < 4.78 is 2.67. The van der Waals surface area contributed by atoms with E-state index in [9.17, 15) is 14.9 Å². The molecule has 0 aliphatic rings. The Kier molecular flexibility index (Phi) is 3.27. The maximum atomic E-state index is 11.8. The molecule has 0 radical (unpaired) electrons. The Labute approximate surface area is 108 Å². The molecular formula is C10H12N6O3. The van der Waals surface area contributed by atoms with E-state index in [-0.39, 0.29) is 18.1 Å². The van der Waals surface area contributed by atoms with Crippen molar-refractivity contribution in [2.45, 2.75) is 6.54 Å². The lowest BCUT2D eigenvalue weighted by atomic mass is 10.3. The van der Waals surface area contributed by atoms with E-state index in [0.717, 1.165) is 16.3 Å². The number of hydrogen-bond acceptors (Lipinski definition) is 5. The molecule has 2 aromatic rings. The fourth-order valence-corrected chi connectivity index (χ4v) is 1.58. The third kappa shape index (κ3) is 2.76. The second-order valence-corrected chi connectivity index (χ2v) is 3.97. The van der Waals surface area contributed by atoms with Gasteiger partial charge in [-0.25, -0.2) is 0 Å². The molecule has 0 atom stereocenters. The summed E-state index contributed by atoms with van der Waals surface area (Å²) >= 11 is 0. The van der Waals surface area contributed by atoms with E-state index < -0.39 is 10.8 Å². The summed E-state index contributed by atoms with van der Waals surface area (Å²) in [5, 5.41) is 21.0. The summed E-state index contributed by atoms with van der Waals surface area (Å²) in [6, 6.07) is 1.14. The molecule has 2 rings (SSSR count). The highest BCUT2D eigenvalue weighted by Gasteiger charge is 2.19. The minimum absolute atomic E-state index is 0.0121. The number of aryl methyl sites for hydroxylation is 2. The largest absolute Gasteiger partial charge is 0.358 e. The number of nitrogens with zero attached hydrogens (tertiary/aromatic N) is 5. The molecule has 100 valence electrons. The molecule has 0 unspecified atom stereocenters. The molecule has 1 amide bonds. The SMILES string of the molecule is Cn1cc(CNC(=O)c2cc([N+](=O)[O-])n(C)n2)cn1. The quantitative estimate of drug-likeness (QED) is 0.617. The minimum atomic E-state index is -0.592. The molecule has 0 aliphatic carbocycles. The molecule has 2 heterocycles. The zero-order valence-corrected chi connectivity index (χ0v) is 10.4. The zero-order valence-electron chi connectivity index (χ0n) is 10.4. The van der Waals surface area contributed by atoms with E-state index in [1.54, 1.807) is 24.1 Å². The molecule has 0 aromatic carbocycles. The van der Waals surface area contributed by atoms with E-state index in [0.29, 0.717) is 0 Å². The van der Waals surface area contributed by atoms with Crippen molar-refractivity contribution in [3.8, 4) is 0 Å². The summed E-state index contributed by atoms with van der Waals surface area (Å²) in [5.74, 6) is -0.695. The van der Waals surface area contributed by atoms with Crippen molar-refractivity contribution in [1.29, 1.82) is 0 Å². The molecule has 0 fully saturated rings. The van der Waals surface area contributed by atoms with Crippen molar-refractivity contribution in [2.24, 2.45) is 14.1 Å². The lowest BCUT2D eigenvalue weighted by Gasteiger charge is -1.98. The van der Waals surface area contributed by atoms with Crippen LogP contribution in [0, 0.1) is 10.1 Å². The first-order valence-corrected chi connectivity index (χ1v) is 5.41. The van der Waals surface area contributed by atoms with E-state index >= 15 is 0 Å². The van der Waals surface area contributed by atoms with Crippen LogP contribution in [-0.2, 0) is 20.6 Å². The number of hydrogen-bond donors (Lipinski definition) is 1. The Hall–Kier alpha value is -2.71. The summed E-state index contributed by atoms with van der Waals surface area (Å²) in [6.45, 7) is 0.289. The standard InChI is InChI=1S/C10H12N6O3/c1-14-6-7(5-12-14)4-11-10(17)8-3-9(16(18)19)15(2)13-8/h3,5-6H,4H2,1-2H3,(H,11,17). The Bertz CT molecular complexity index is 629. The molecule has 1 N–H and O–H groups in total. The van der Waals surface area contributed by atoms with Crippen molar-refractivity contribution >= 4 is 11.7 Å². The van der Waals surface area contributed by atoms with Crippen molar-refractivity contribution in [2.75, 3.05) is 0 Å². The van der Waals surface area contributed by atoms with Gasteiger partial charge < -0.3 is 15.4 Å². The van der Waals surface area contributed by atoms with Crippen LogP contribution >= 0.6 is 0 Å². The van der Waals surface area contributed by atoms with Gasteiger partial charge in [-0.1, -0.05) is 5.10 Å². The number of carbonyl (C=O) groups excluding carboxylic acids is 1. The van der Waals surface area contributed by atoms with Gasteiger partial charge in [-0.05, 0) is 4.92 Å². The van der Waals surface area contributed by atoms with E-state index in [1.807, 2.05) is 0 Å². The average Bonchev–Trinajstić information content (AvgIpc) is 2.92. The first-order valence-electron chi connectivity index (χ1n) is 5.41. The Morgan fingerprint density at radius 3 is 2.79 bits per heavy atom. The summed E-state index contributed by atoms with van der Waals surface area (Å²) in [4.78, 5) is 21.8. The Morgan fingerprint density at radius 1 is 1.53 bits per heavy atom. The monoisotopic (exact) mass is 264 g/mol. The smallest absolute Gasteiger partial charge is 0.345 e. The van der Waals surface area contributed by atoms with Gasteiger partial charge in [0.2, 0.25) is 0 Å². The summed E-state index contributed by atoms with van der Waals surface area (Å²) in [7, 11) is 3.18. The third-order valence-corrected chi connectivity index (χ3v) is 2.49. The van der Waals surface area contributed by atoms with Crippen molar-refractivity contribution in [1.82, 2.24) is 24.9 Å². The van der Waals surface area contributed by atoms with Gasteiger partial charge in [0.25, 0.3) is 5.91 Å². The highest BCUT2D eigenvalue weighted by Crippen LogP contribution is 2.11. The first-order chi connectivity index (χ1) is 8.97. The van der Waals surface area contributed by atoms with Crippen LogP contribution < -0.4 is 5.32 Å².